The first-order valence-corrected chi connectivity index (χ1v) is 12.8. The highest BCUT2D eigenvalue weighted by molar-refractivity contribution is 7.92. The van der Waals surface area contributed by atoms with Crippen LogP contribution in [0.3, 0.4) is 0 Å². The summed E-state index contributed by atoms with van der Waals surface area (Å²) in [6.07, 6.45) is 4.84. The van der Waals surface area contributed by atoms with Gasteiger partial charge in [0.05, 0.1) is 19.1 Å². The van der Waals surface area contributed by atoms with Crippen LogP contribution >= 0.6 is 0 Å². The molecule has 0 bridgehead atoms. The fourth-order valence-corrected chi connectivity index (χ4v) is 5.30. The second-order valence-corrected chi connectivity index (χ2v) is 10.1. The van der Waals surface area contributed by atoms with Crippen molar-refractivity contribution < 1.29 is 17.9 Å². The lowest BCUT2D eigenvalue weighted by molar-refractivity contribution is -0.122. The Morgan fingerprint density at radius 3 is 2.44 bits per heavy atom. The van der Waals surface area contributed by atoms with E-state index in [4.69, 9.17) is 4.74 Å². The van der Waals surface area contributed by atoms with E-state index >= 15 is 0 Å². The molecule has 0 radical (unpaired) electrons. The van der Waals surface area contributed by atoms with Crippen LogP contribution in [0, 0.1) is 0 Å². The van der Waals surface area contributed by atoms with Gasteiger partial charge in [0.15, 0.2) is 0 Å². The van der Waals surface area contributed by atoms with Crippen LogP contribution < -0.4 is 14.4 Å². The molecule has 1 heterocycles. The Balaban J connectivity index is 1.72. The van der Waals surface area contributed by atoms with Gasteiger partial charge in [-0.05, 0) is 56.1 Å². The number of carbonyl (C=O) groups is 1. The van der Waals surface area contributed by atoms with E-state index in [1.807, 2.05) is 18.2 Å². The maximum Gasteiger partial charge on any atom is 0.243 e. The molecule has 2 aromatic rings. The zero-order chi connectivity index (χ0) is 23.1. The number of carbonyl (C=O) groups excluding carboxylic acids is 1. The van der Waals surface area contributed by atoms with Gasteiger partial charge in [0.1, 0.15) is 11.8 Å². The maximum absolute atomic E-state index is 13.0. The summed E-state index contributed by atoms with van der Waals surface area (Å²) in [6.45, 7) is 5.00. The third kappa shape index (κ3) is 6.23. The molecule has 32 heavy (non-hydrogen) atoms. The molecule has 1 saturated heterocycles. The van der Waals surface area contributed by atoms with Crippen LogP contribution in [0.25, 0.3) is 0 Å². The SMILES string of the molecule is COc1cccc(N(C(C)C(=O)NCc2ccccc2CN2CCCCC2)S(C)(=O)=O)c1. The molecule has 1 N–H and O–H groups in total. The molecular weight excluding hydrogens is 426 g/mol. The van der Waals surface area contributed by atoms with Gasteiger partial charge < -0.3 is 10.1 Å². The number of rotatable bonds is 9. The van der Waals surface area contributed by atoms with Gasteiger partial charge in [-0.3, -0.25) is 14.0 Å². The zero-order valence-corrected chi connectivity index (χ0v) is 19.9. The third-order valence-electron chi connectivity index (χ3n) is 5.81. The molecule has 0 aromatic heterocycles. The number of amides is 1. The van der Waals surface area contributed by atoms with E-state index < -0.39 is 16.1 Å². The molecule has 0 spiro atoms. The number of nitrogens with one attached hydrogen (secondary N) is 1. The maximum atomic E-state index is 13.0. The number of methoxy groups -OCH3 is 1. The topological polar surface area (TPSA) is 79.0 Å². The molecule has 1 unspecified atom stereocenters. The van der Waals surface area contributed by atoms with Gasteiger partial charge in [0.25, 0.3) is 0 Å². The number of hydrogen-bond acceptors (Lipinski definition) is 5. The molecule has 3 rings (SSSR count). The second-order valence-electron chi connectivity index (χ2n) is 8.26. The summed E-state index contributed by atoms with van der Waals surface area (Å²) < 4.78 is 31.4. The van der Waals surface area contributed by atoms with Crippen molar-refractivity contribution in [2.75, 3.05) is 30.8 Å². The number of benzene rings is 2. The van der Waals surface area contributed by atoms with Crippen LogP contribution in [0.2, 0.25) is 0 Å². The second kappa shape index (κ2) is 10.8. The van der Waals surface area contributed by atoms with Crippen LogP contribution in [0.15, 0.2) is 48.5 Å². The fraction of sp³-hybridized carbons (Fsp3) is 0.458. The molecule has 0 saturated carbocycles. The lowest BCUT2D eigenvalue weighted by Gasteiger charge is -2.29. The van der Waals surface area contributed by atoms with Gasteiger partial charge >= 0.3 is 0 Å². The number of anilines is 1. The molecule has 8 heteroatoms. The van der Waals surface area contributed by atoms with Crippen molar-refractivity contribution in [2.45, 2.75) is 45.3 Å². The molecule has 7 nitrogen and oxygen atoms in total. The lowest BCUT2D eigenvalue weighted by Crippen LogP contribution is -2.47. The van der Waals surface area contributed by atoms with Crippen LogP contribution in [-0.4, -0.2) is 51.7 Å². The third-order valence-corrected chi connectivity index (χ3v) is 7.05. The standard InChI is InChI=1S/C24H33N3O4S/c1-19(27(32(3,29)30)22-12-9-13-23(16-22)31-2)24(28)25-17-20-10-5-6-11-21(20)18-26-14-7-4-8-15-26/h5-6,9-13,16,19H,4,7-8,14-15,17-18H2,1-3H3,(H,25,28). The van der Waals surface area contributed by atoms with Crippen LogP contribution in [-0.2, 0) is 27.9 Å². The first kappa shape index (κ1) is 24.1. The molecule has 1 amide bonds. The van der Waals surface area contributed by atoms with Crippen molar-refractivity contribution in [1.29, 1.82) is 0 Å². The Hall–Kier alpha value is -2.58. The van der Waals surface area contributed by atoms with Gasteiger partial charge in [-0.15, -0.1) is 0 Å². The summed E-state index contributed by atoms with van der Waals surface area (Å²) in [6, 6.07) is 13.9. The Morgan fingerprint density at radius 2 is 1.78 bits per heavy atom. The van der Waals surface area contributed by atoms with Crippen LogP contribution in [0.5, 0.6) is 5.75 Å². The average molecular weight is 460 g/mol. The van der Waals surface area contributed by atoms with Crippen LogP contribution in [0.4, 0.5) is 5.69 Å². The normalized spacial score (nSPS) is 15.7. The molecule has 1 aliphatic rings. The van der Waals surface area contributed by atoms with E-state index in [9.17, 15) is 13.2 Å². The van der Waals surface area contributed by atoms with Crippen molar-refractivity contribution in [1.82, 2.24) is 10.2 Å². The fourth-order valence-electron chi connectivity index (χ4n) is 4.13. The van der Waals surface area contributed by atoms with E-state index in [1.165, 1.54) is 31.9 Å². The van der Waals surface area contributed by atoms with Gasteiger partial charge in [-0.25, -0.2) is 8.42 Å². The Morgan fingerprint density at radius 1 is 1.09 bits per heavy atom. The molecule has 174 valence electrons. The smallest absolute Gasteiger partial charge is 0.243 e. The van der Waals surface area contributed by atoms with Crippen molar-refractivity contribution in [2.24, 2.45) is 0 Å². The van der Waals surface area contributed by atoms with E-state index in [1.54, 1.807) is 31.2 Å². The first-order chi connectivity index (χ1) is 15.3. The number of ether oxygens (including phenoxy) is 1. The van der Waals surface area contributed by atoms with Gasteiger partial charge in [0, 0.05) is 19.2 Å². The van der Waals surface area contributed by atoms with Crippen molar-refractivity contribution in [3.05, 3.63) is 59.7 Å². The summed E-state index contributed by atoms with van der Waals surface area (Å²) in [4.78, 5) is 15.4. The van der Waals surface area contributed by atoms with E-state index in [-0.39, 0.29) is 5.91 Å². The van der Waals surface area contributed by atoms with Gasteiger partial charge in [-0.1, -0.05) is 36.8 Å². The molecular formula is C24H33N3O4S. The van der Waals surface area contributed by atoms with Gasteiger partial charge in [-0.2, -0.15) is 0 Å². The summed E-state index contributed by atoms with van der Waals surface area (Å²) in [5.74, 6) is 0.168. The number of nitrogens with zero attached hydrogens (tertiary/aromatic N) is 2. The minimum absolute atomic E-state index is 0.350. The minimum atomic E-state index is -3.69. The predicted octanol–water partition coefficient (Wildman–Crippen LogP) is 3.15. The predicted molar refractivity (Wildman–Crippen MR) is 127 cm³/mol. The van der Waals surface area contributed by atoms with E-state index in [2.05, 4.69) is 16.3 Å². The quantitative estimate of drug-likeness (QED) is 0.623. The number of piperidine rings is 1. The average Bonchev–Trinajstić information content (AvgIpc) is 2.78. The molecule has 1 aliphatic heterocycles. The summed E-state index contributed by atoms with van der Waals surface area (Å²) in [5, 5.41) is 2.93. The molecule has 2 aromatic carbocycles. The Kier molecular flexibility index (Phi) is 8.15. The first-order valence-electron chi connectivity index (χ1n) is 11.0. The summed E-state index contributed by atoms with van der Waals surface area (Å²) >= 11 is 0. The minimum Gasteiger partial charge on any atom is -0.497 e. The van der Waals surface area contributed by atoms with Crippen molar-refractivity contribution in [3.63, 3.8) is 0 Å². The summed E-state index contributed by atoms with van der Waals surface area (Å²) in [7, 11) is -2.17. The highest BCUT2D eigenvalue weighted by Crippen LogP contribution is 2.25. The van der Waals surface area contributed by atoms with Crippen molar-refractivity contribution in [3.8, 4) is 5.75 Å². The van der Waals surface area contributed by atoms with E-state index in [0.717, 1.165) is 35.8 Å². The highest BCUT2D eigenvalue weighted by atomic mass is 32.2. The Bertz CT molecular complexity index is 1020. The van der Waals surface area contributed by atoms with Crippen molar-refractivity contribution >= 4 is 21.6 Å². The summed E-state index contributed by atoms with van der Waals surface area (Å²) in [5.41, 5.74) is 2.63. The lowest BCUT2D eigenvalue weighted by atomic mass is 10.0. The van der Waals surface area contributed by atoms with Gasteiger partial charge in [0.2, 0.25) is 15.9 Å². The van der Waals surface area contributed by atoms with Crippen LogP contribution in [0.1, 0.15) is 37.3 Å². The Labute approximate surface area is 191 Å². The number of likely N-dealkylation sites (tertiary alicyclic amines) is 1. The number of sulfonamides is 1. The largest absolute Gasteiger partial charge is 0.497 e. The molecule has 1 fully saturated rings. The molecule has 0 aliphatic carbocycles. The highest BCUT2D eigenvalue weighted by Gasteiger charge is 2.29. The zero-order valence-electron chi connectivity index (χ0n) is 19.1. The monoisotopic (exact) mass is 459 g/mol. The van der Waals surface area contributed by atoms with E-state index in [0.29, 0.717) is 18.0 Å². The number of hydrogen-bond donors (Lipinski definition) is 1. The molecule has 1 atom stereocenters.